The van der Waals surface area contributed by atoms with E-state index in [-0.39, 0.29) is 17.3 Å². The number of sulfonamides is 1. The van der Waals surface area contributed by atoms with Crippen LogP contribution >= 0.6 is 0 Å². The molecule has 0 saturated heterocycles. The van der Waals surface area contributed by atoms with Gasteiger partial charge in [-0.15, -0.1) is 0 Å². The van der Waals surface area contributed by atoms with E-state index in [1.54, 1.807) is 38.4 Å². The van der Waals surface area contributed by atoms with Crippen LogP contribution in [0.25, 0.3) is 6.08 Å². The van der Waals surface area contributed by atoms with Gasteiger partial charge in [0.2, 0.25) is 10.0 Å². The number of hydrogen-bond acceptors (Lipinski definition) is 6. The maximum Gasteiger partial charge on any atom is 0.331 e. The van der Waals surface area contributed by atoms with Crippen LogP contribution in [0.1, 0.15) is 18.2 Å². The molecule has 8 nitrogen and oxygen atoms in total. The number of rotatable bonds is 8. The number of furan rings is 1. The number of amides is 1. The van der Waals surface area contributed by atoms with E-state index in [1.165, 1.54) is 42.4 Å². The predicted octanol–water partition coefficient (Wildman–Crippen LogP) is 1.79. The van der Waals surface area contributed by atoms with Crippen LogP contribution in [-0.2, 0) is 30.9 Å². The van der Waals surface area contributed by atoms with Crippen LogP contribution in [0.3, 0.4) is 0 Å². The van der Waals surface area contributed by atoms with Crippen molar-refractivity contribution in [3.05, 3.63) is 60.1 Å². The van der Waals surface area contributed by atoms with Gasteiger partial charge in [0.25, 0.3) is 5.91 Å². The van der Waals surface area contributed by atoms with E-state index >= 15 is 0 Å². The lowest BCUT2D eigenvalue weighted by Crippen LogP contribution is -2.34. The minimum Gasteiger partial charge on any atom is -0.468 e. The summed E-state index contributed by atoms with van der Waals surface area (Å²) in [5, 5.41) is 0. The molecule has 1 atom stereocenters. The zero-order chi connectivity index (χ0) is 20.7. The number of nitrogens with zero attached hydrogens (tertiary/aromatic N) is 1. The number of carbonyl (C=O) groups is 2. The lowest BCUT2D eigenvalue weighted by molar-refractivity contribution is -0.153. The van der Waals surface area contributed by atoms with Gasteiger partial charge in [0.05, 0.1) is 17.7 Å². The Morgan fingerprint density at radius 3 is 2.46 bits per heavy atom. The van der Waals surface area contributed by atoms with Gasteiger partial charge in [-0.3, -0.25) is 4.79 Å². The Morgan fingerprint density at radius 1 is 1.21 bits per heavy atom. The normalized spacial score (nSPS) is 12.7. The number of nitrogens with one attached hydrogen (secondary N) is 1. The molecule has 0 radical (unpaired) electrons. The lowest BCUT2D eigenvalue weighted by atomic mass is 10.2. The third-order valence-electron chi connectivity index (χ3n) is 3.70. The van der Waals surface area contributed by atoms with Gasteiger partial charge in [0.1, 0.15) is 5.76 Å². The topological polar surface area (TPSA) is 106 Å². The number of carbonyl (C=O) groups excluding carboxylic acids is 2. The quantitative estimate of drug-likeness (QED) is 0.529. The first-order chi connectivity index (χ1) is 13.2. The molecule has 150 valence electrons. The Morgan fingerprint density at radius 2 is 1.89 bits per heavy atom. The number of benzene rings is 1. The average Bonchev–Trinajstić information content (AvgIpc) is 3.18. The maximum atomic E-state index is 12.3. The van der Waals surface area contributed by atoms with Crippen LogP contribution in [0.5, 0.6) is 0 Å². The molecule has 1 heterocycles. The van der Waals surface area contributed by atoms with Crippen molar-refractivity contribution in [3.8, 4) is 0 Å². The standard InChI is InChI=1S/C19H22N2O6S/c1-14(19(23)21(2)3)27-18(22)11-8-15-6-9-17(10-7-15)28(24,25)20-13-16-5-4-12-26-16/h4-12,14,20H,13H2,1-3H3/b11-8+. The molecule has 1 aromatic carbocycles. The fourth-order valence-corrected chi connectivity index (χ4v) is 3.21. The van der Waals surface area contributed by atoms with E-state index in [0.717, 1.165) is 0 Å². The highest BCUT2D eigenvalue weighted by molar-refractivity contribution is 7.89. The predicted molar refractivity (Wildman–Crippen MR) is 102 cm³/mol. The van der Waals surface area contributed by atoms with Crippen molar-refractivity contribution in [3.63, 3.8) is 0 Å². The first-order valence-corrected chi connectivity index (χ1v) is 9.89. The summed E-state index contributed by atoms with van der Waals surface area (Å²) in [6.07, 6.45) is 3.23. The van der Waals surface area contributed by atoms with Crippen molar-refractivity contribution in [2.75, 3.05) is 14.1 Å². The largest absolute Gasteiger partial charge is 0.468 e. The zero-order valence-corrected chi connectivity index (χ0v) is 16.6. The monoisotopic (exact) mass is 406 g/mol. The van der Waals surface area contributed by atoms with Crippen molar-refractivity contribution >= 4 is 28.0 Å². The average molecular weight is 406 g/mol. The molecule has 1 N–H and O–H groups in total. The van der Waals surface area contributed by atoms with Gasteiger partial charge in [0, 0.05) is 20.2 Å². The Balaban J connectivity index is 1.95. The van der Waals surface area contributed by atoms with Gasteiger partial charge in [-0.25, -0.2) is 17.9 Å². The van der Waals surface area contributed by atoms with Gasteiger partial charge >= 0.3 is 5.97 Å². The summed E-state index contributed by atoms with van der Waals surface area (Å²) in [5.41, 5.74) is 0.605. The van der Waals surface area contributed by atoms with Crippen LogP contribution in [0.4, 0.5) is 0 Å². The number of esters is 1. The van der Waals surface area contributed by atoms with E-state index in [2.05, 4.69) is 4.72 Å². The zero-order valence-electron chi connectivity index (χ0n) is 15.8. The molecule has 1 amide bonds. The third kappa shape index (κ3) is 6.07. The van der Waals surface area contributed by atoms with Crippen LogP contribution in [0.15, 0.2) is 58.1 Å². The van der Waals surface area contributed by atoms with Crippen LogP contribution in [0.2, 0.25) is 0 Å². The molecule has 0 aliphatic carbocycles. The molecule has 0 fully saturated rings. The SMILES string of the molecule is CC(OC(=O)/C=C/c1ccc(S(=O)(=O)NCc2ccco2)cc1)C(=O)N(C)C. The number of ether oxygens (including phenoxy) is 1. The molecule has 1 unspecified atom stereocenters. The van der Waals surface area contributed by atoms with Crippen molar-refractivity contribution < 1.29 is 27.2 Å². The molecule has 0 bridgehead atoms. The smallest absolute Gasteiger partial charge is 0.331 e. The van der Waals surface area contributed by atoms with Crippen molar-refractivity contribution in [2.24, 2.45) is 0 Å². The molecule has 0 aliphatic rings. The van der Waals surface area contributed by atoms with Crippen molar-refractivity contribution in [1.29, 1.82) is 0 Å². The van der Waals surface area contributed by atoms with Crippen molar-refractivity contribution in [2.45, 2.75) is 24.5 Å². The van der Waals surface area contributed by atoms with Crippen LogP contribution in [0, 0.1) is 0 Å². The summed E-state index contributed by atoms with van der Waals surface area (Å²) < 4.78 is 37.1. The summed E-state index contributed by atoms with van der Waals surface area (Å²) in [7, 11) is -0.544. The van der Waals surface area contributed by atoms with Gasteiger partial charge in [0.15, 0.2) is 6.10 Å². The number of likely N-dealkylation sites (N-methyl/N-ethyl adjacent to an activating group) is 1. The van der Waals surface area contributed by atoms with Gasteiger partial charge in [-0.1, -0.05) is 12.1 Å². The Kier molecular flexibility index (Phi) is 7.13. The minimum atomic E-state index is -3.69. The summed E-state index contributed by atoms with van der Waals surface area (Å²) >= 11 is 0. The molecule has 0 aliphatic heterocycles. The first kappa shape index (κ1) is 21.4. The molecule has 0 spiro atoms. The third-order valence-corrected chi connectivity index (χ3v) is 5.12. The first-order valence-electron chi connectivity index (χ1n) is 8.41. The second kappa shape index (κ2) is 9.34. The van der Waals surface area contributed by atoms with Gasteiger partial charge in [-0.05, 0) is 42.8 Å². The highest BCUT2D eigenvalue weighted by Gasteiger charge is 2.18. The molecule has 28 heavy (non-hydrogen) atoms. The van der Waals surface area contributed by atoms with Crippen LogP contribution in [-0.4, -0.2) is 45.4 Å². The van der Waals surface area contributed by atoms with E-state index < -0.39 is 22.1 Å². The fourth-order valence-electron chi connectivity index (χ4n) is 2.21. The maximum absolute atomic E-state index is 12.3. The Bertz CT molecular complexity index is 931. The second-order valence-electron chi connectivity index (χ2n) is 6.12. The van der Waals surface area contributed by atoms with E-state index in [4.69, 9.17) is 9.15 Å². The van der Waals surface area contributed by atoms with E-state index in [0.29, 0.717) is 11.3 Å². The Labute approximate surface area is 163 Å². The summed E-state index contributed by atoms with van der Waals surface area (Å²) in [4.78, 5) is 24.9. The summed E-state index contributed by atoms with van der Waals surface area (Å²) in [6, 6.07) is 9.30. The van der Waals surface area contributed by atoms with E-state index in [9.17, 15) is 18.0 Å². The highest BCUT2D eigenvalue weighted by Crippen LogP contribution is 2.13. The second-order valence-corrected chi connectivity index (χ2v) is 7.89. The van der Waals surface area contributed by atoms with E-state index in [1.807, 2.05) is 0 Å². The van der Waals surface area contributed by atoms with Gasteiger partial charge in [-0.2, -0.15) is 0 Å². The number of hydrogen-bond donors (Lipinski definition) is 1. The molecule has 2 rings (SSSR count). The van der Waals surface area contributed by atoms with Gasteiger partial charge < -0.3 is 14.1 Å². The summed E-state index contributed by atoms with van der Waals surface area (Å²) in [5.74, 6) is -0.485. The molecule has 2 aromatic rings. The molecular weight excluding hydrogens is 384 g/mol. The minimum absolute atomic E-state index is 0.0483. The van der Waals surface area contributed by atoms with Crippen LogP contribution < -0.4 is 4.72 Å². The summed E-state index contributed by atoms with van der Waals surface area (Å²) in [6.45, 7) is 1.54. The fraction of sp³-hybridized carbons (Fsp3) is 0.263. The highest BCUT2D eigenvalue weighted by atomic mass is 32.2. The Hall–Kier alpha value is -2.91. The molecule has 1 aromatic heterocycles. The molecule has 9 heteroatoms. The lowest BCUT2D eigenvalue weighted by Gasteiger charge is -2.16. The molecular formula is C19H22N2O6S. The van der Waals surface area contributed by atoms with Crippen molar-refractivity contribution in [1.82, 2.24) is 9.62 Å². The molecule has 0 saturated carbocycles.